The van der Waals surface area contributed by atoms with Gasteiger partial charge in [0.1, 0.15) is 6.04 Å². The Kier molecular flexibility index (Phi) is 7.29. The van der Waals surface area contributed by atoms with Crippen molar-refractivity contribution in [2.24, 2.45) is 5.92 Å². The predicted molar refractivity (Wildman–Crippen MR) is 82.1 cm³/mol. The van der Waals surface area contributed by atoms with E-state index in [1.54, 1.807) is 0 Å². The molecule has 1 aromatic carbocycles. The molecule has 132 valence electrons. The molecule has 0 aromatic heterocycles. The number of carboxylic acids is 1. The van der Waals surface area contributed by atoms with Crippen molar-refractivity contribution in [3.05, 3.63) is 35.4 Å². The summed E-state index contributed by atoms with van der Waals surface area (Å²) in [5, 5.41) is 13.6. The molecule has 0 aliphatic carbocycles. The largest absolute Gasteiger partial charge is 0.480 e. The Bertz CT molecular complexity index is 620. The molecule has 6 nitrogen and oxygen atoms in total. The fraction of sp³-hybridized carbons (Fsp3) is 0.438. The lowest BCUT2D eigenvalue weighted by Gasteiger charge is -2.16. The summed E-state index contributed by atoms with van der Waals surface area (Å²) in [6.45, 7) is 3.19. The van der Waals surface area contributed by atoms with Gasteiger partial charge in [-0.25, -0.2) is 13.6 Å². The fourth-order valence-electron chi connectivity index (χ4n) is 2.04. The van der Waals surface area contributed by atoms with Gasteiger partial charge in [0.2, 0.25) is 11.8 Å². The minimum Gasteiger partial charge on any atom is -0.480 e. The molecule has 0 aliphatic heterocycles. The molecule has 0 fully saturated rings. The Morgan fingerprint density at radius 3 is 2.42 bits per heavy atom. The SMILES string of the molecule is CC(C)C[C@H](NC(=O)CNC(=O)Cc1cccc(F)c1F)C(=O)O. The van der Waals surface area contributed by atoms with Gasteiger partial charge in [0.05, 0.1) is 13.0 Å². The van der Waals surface area contributed by atoms with Crippen molar-refractivity contribution in [1.29, 1.82) is 0 Å². The zero-order chi connectivity index (χ0) is 18.3. The Hall–Kier alpha value is -2.51. The van der Waals surface area contributed by atoms with Gasteiger partial charge in [0.25, 0.3) is 0 Å². The first-order valence-corrected chi connectivity index (χ1v) is 7.42. The van der Waals surface area contributed by atoms with E-state index in [0.29, 0.717) is 0 Å². The van der Waals surface area contributed by atoms with E-state index in [9.17, 15) is 23.2 Å². The number of aliphatic carboxylic acids is 1. The molecule has 2 amide bonds. The van der Waals surface area contributed by atoms with Crippen molar-refractivity contribution >= 4 is 17.8 Å². The molecule has 1 aromatic rings. The van der Waals surface area contributed by atoms with Crippen LogP contribution in [0.2, 0.25) is 0 Å². The first-order chi connectivity index (χ1) is 11.2. The smallest absolute Gasteiger partial charge is 0.326 e. The number of rotatable bonds is 8. The molecule has 0 unspecified atom stereocenters. The van der Waals surface area contributed by atoms with Crippen LogP contribution >= 0.6 is 0 Å². The first-order valence-electron chi connectivity index (χ1n) is 7.42. The van der Waals surface area contributed by atoms with Crippen LogP contribution in [0.3, 0.4) is 0 Å². The Morgan fingerprint density at radius 2 is 1.83 bits per heavy atom. The topological polar surface area (TPSA) is 95.5 Å². The van der Waals surface area contributed by atoms with E-state index in [0.717, 1.165) is 6.07 Å². The van der Waals surface area contributed by atoms with E-state index in [-0.39, 0.29) is 17.9 Å². The second kappa shape index (κ2) is 8.95. The fourth-order valence-corrected chi connectivity index (χ4v) is 2.04. The van der Waals surface area contributed by atoms with E-state index in [2.05, 4.69) is 10.6 Å². The molecular formula is C16H20F2N2O4. The van der Waals surface area contributed by atoms with Crippen molar-refractivity contribution in [3.63, 3.8) is 0 Å². The third kappa shape index (κ3) is 6.31. The summed E-state index contributed by atoms with van der Waals surface area (Å²) in [7, 11) is 0. The zero-order valence-corrected chi connectivity index (χ0v) is 13.4. The maximum absolute atomic E-state index is 13.4. The summed E-state index contributed by atoms with van der Waals surface area (Å²) in [6.07, 6.45) is -0.172. The lowest BCUT2D eigenvalue weighted by molar-refractivity contribution is -0.142. The highest BCUT2D eigenvalue weighted by molar-refractivity contribution is 5.88. The molecule has 0 aliphatic rings. The molecular weight excluding hydrogens is 322 g/mol. The van der Waals surface area contributed by atoms with Gasteiger partial charge in [-0.1, -0.05) is 26.0 Å². The quantitative estimate of drug-likeness (QED) is 0.662. The second-order valence-corrected chi connectivity index (χ2v) is 5.75. The maximum atomic E-state index is 13.4. The number of amides is 2. The number of hydrogen-bond donors (Lipinski definition) is 3. The number of nitrogens with one attached hydrogen (secondary N) is 2. The van der Waals surface area contributed by atoms with Crippen LogP contribution in [-0.4, -0.2) is 35.5 Å². The molecule has 0 heterocycles. The van der Waals surface area contributed by atoms with Crippen molar-refractivity contribution in [3.8, 4) is 0 Å². The number of halogens is 2. The van der Waals surface area contributed by atoms with Gasteiger partial charge in [-0.2, -0.15) is 0 Å². The Balaban J connectivity index is 2.50. The van der Waals surface area contributed by atoms with Crippen LogP contribution in [0.4, 0.5) is 8.78 Å². The summed E-state index contributed by atoms with van der Waals surface area (Å²) < 4.78 is 26.5. The molecule has 0 radical (unpaired) electrons. The van der Waals surface area contributed by atoms with Gasteiger partial charge >= 0.3 is 5.97 Å². The average molecular weight is 342 g/mol. The zero-order valence-electron chi connectivity index (χ0n) is 13.4. The normalized spacial score (nSPS) is 11.9. The van der Waals surface area contributed by atoms with Crippen LogP contribution in [-0.2, 0) is 20.8 Å². The molecule has 0 bridgehead atoms. The molecule has 0 saturated carbocycles. The van der Waals surface area contributed by atoms with Crippen LogP contribution in [0.25, 0.3) is 0 Å². The van der Waals surface area contributed by atoms with Gasteiger partial charge in [-0.15, -0.1) is 0 Å². The van der Waals surface area contributed by atoms with E-state index < -0.39 is 48.4 Å². The van der Waals surface area contributed by atoms with Gasteiger partial charge in [-0.05, 0) is 18.4 Å². The minimum absolute atomic E-state index is 0.0666. The van der Waals surface area contributed by atoms with Crippen molar-refractivity contribution < 1.29 is 28.3 Å². The Labute approximate surface area is 138 Å². The summed E-state index contributed by atoms with van der Waals surface area (Å²) in [6, 6.07) is 2.43. The highest BCUT2D eigenvalue weighted by Crippen LogP contribution is 2.11. The van der Waals surface area contributed by atoms with Crippen LogP contribution in [0.15, 0.2) is 18.2 Å². The van der Waals surface area contributed by atoms with E-state index in [4.69, 9.17) is 5.11 Å². The Morgan fingerprint density at radius 1 is 1.17 bits per heavy atom. The molecule has 0 spiro atoms. The van der Waals surface area contributed by atoms with Gasteiger partial charge in [0.15, 0.2) is 11.6 Å². The number of carbonyl (C=O) groups is 3. The molecule has 8 heteroatoms. The first kappa shape index (κ1) is 19.5. The predicted octanol–water partition coefficient (Wildman–Crippen LogP) is 1.24. The van der Waals surface area contributed by atoms with Crippen molar-refractivity contribution in [2.75, 3.05) is 6.54 Å². The number of benzene rings is 1. The number of hydrogen-bond acceptors (Lipinski definition) is 3. The third-order valence-corrected chi connectivity index (χ3v) is 3.17. The van der Waals surface area contributed by atoms with Crippen LogP contribution in [0, 0.1) is 17.6 Å². The maximum Gasteiger partial charge on any atom is 0.326 e. The molecule has 24 heavy (non-hydrogen) atoms. The third-order valence-electron chi connectivity index (χ3n) is 3.17. The van der Waals surface area contributed by atoms with Crippen LogP contribution in [0.5, 0.6) is 0 Å². The molecule has 3 N–H and O–H groups in total. The van der Waals surface area contributed by atoms with E-state index in [1.165, 1.54) is 12.1 Å². The standard InChI is InChI=1S/C16H20F2N2O4/c1-9(2)6-12(16(23)24)20-14(22)8-19-13(21)7-10-4-3-5-11(17)15(10)18/h3-5,9,12H,6-8H2,1-2H3,(H,19,21)(H,20,22)(H,23,24)/t12-/m0/s1. The van der Waals surface area contributed by atoms with Crippen LogP contribution in [0.1, 0.15) is 25.8 Å². The summed E-state index contributed by atoms with van der Waals surface area (Å²) in [5.41, 5.74) is -0.129. The summed E-state index contributed by atoms with van der Waals surface area (Å²) in [5.74, 6) is -4.61. The number of carboxylic acid groups (broad SMARTS) is 1. The molecule has 1 rings (SSSR count). The van der Waals surface area contributed by atoms with Crippen molar-refractivity contribution in [1.82, 2.24) is 10.6 Å². The van der Waals surface area contributed by atoms with Crippen LogP contribution < -0.4 is 10.6 Å². The lowest BCUT2D eigenvalue weighted by Crippen LogP contribution is -2.46. The summed E-state index contributed by atoms with van der Waals surface area (Å²) in [4.78, 5) is 34.4. The molecule has 1 atom stereocenters. The van der Waals surface area contributed by atoms with Gasteiger partial charge in [0, 0.05) is 5.56 Å². The molecule has 0 saturated heterocycles. The average Bonchev–Trinajstić information content (AvgIpc) is 2.48. The monoisotopic (exact) mass is 342 g/mol. The van der Waals surface area contributed by atoms with E-state index in [1.807, 2.05) is 13.8 Å². The number of carbonyl (C=O) groups excluding carboxylic acids is 2. The second-order valence-electron chi connectivity index (χ2n) is 5.75. The minimum atomic E-state index is -1.16. The van der Waals surface area contributed by atoms with Crippen molar-refractivity contribution in [2.45, 2.75) is 32.7 Å². The van der Waals surface area contributed by atoms with E-state index >= 15 is 0 Å². The van der Waals surface area contributed by atoms with Gasteiger partial charge < -0.3 is 15.7 Å². The summed E-state index contributed by atoms with van der Waals surface area (Å²) >= 11 is 0. The van der Waals surface area contributed by atoms with Gasteiger partial charge in [-0.3, -0.25) is 9.59 Å². The highest BCUT2D eigenvalue weighted by atomic mass is 19.2. The lowest BCUT2D eigenvalue weighted by atomic mass is 10.0. The highest BCUT2D eigenvalue weighted by Gasteiger charge is 2.21.